The van der Waals surface area contributed by atoms with Gasteiger partial charge in [-0.25, -0.2) is 27.7 Å². The molecular weight excluding hydrogens is 775 g/mol. The normalized spacial score (nSPS) is 23.0. The number of carbonyl (C=O) groups is 2. The number of nitrogens with two attached hydrogens (primary N) is 1. The first-order chi connectivity index (χ1) is 23.3. The van der Waals surface area contributed by atoms with Crippen LogP contribution in [0.25, 0.3) is 11.2 Å². The van der Waals surface area contributed by atoms with Crippen molar-refractivity contribution in [2.24, 2.45) is 5.41 Å². The Kier molecular flexibility index (Phi) is 14.0. The number of imidazole rings is 1. The number of rotatable bonds is 19. The Hall–Kier alpha value is -2.51. The van der Waals surface area contributed by atoms with E-state index in [-0.39, 0.29) is 42.2 Å². The number of amides is 2. The van der Waals surface area contributed by atoms with Gasteiger partial charge in [-0.3, -0.25) is 23.3 Å². The predicted octanol–water partition coefficient (Wildman–Crippen LogP) is -5.08. The minimum Gasteiger partial charge on any atom is -0.790 e. The van der Waals surface area contributed by atoms with Gasteiger partial charge in [0, 0.05) is 31.2 Å². The van der Waals surface area contributed by atoms with E-state index in [1.54, 1.807) is 0 Å². The summed E-state index contributed by atoms with van der Waals surface area (Å²) in [4.78, 5) is 83.3. The zero-order valence-corrected chi connectivity index (χ0v) is 30.3. The molecule has 0 spiro atoms. The molecule has 6 N–H and O–H groups in total. The van der Waals surface area contributed by atoms with Gasteiger partial charge in [-0.1, -0.05) is 13.8 Å². The summed E-state index contributed by atoms with van der Waals surface area (Å²) in [6, 6.07) is 0. The van der Waals surface area contributed by atoms with Gasteiger partial charge in [0.1, 0.15) is 46.1 Å². The van der Waals surface area contributed by atoms with Gasteiger partial charge in [0.2, 0.25) is 11.8 Å². The Morgan fingerprint density at radius 3 is 2.37 bits per heavy atom. The molecule has 2 amide bonds. The topological polar surface area (TPSA) is 392 Å². The third-order valence-corrected chi connectivity index (χ3v) is 10.8. The van der Waals surface area contributed by atoms with Crippen LogP contribution in [0.4, 0.5) is 5.82 Å². The first kappa shape index (κ1) is 42.9. The van der Waals surface area contributed by atoms with Crippen molar-refractivity contribution in [2.75, 3.05) is 44.0 Å². The van der Waals surface area contributed by atoms with E-state index in [0.717, 1.165) is 37.3 Å². The highest BCUT2D eigenvalue weighted by molar-refractivity contribution is 7.90. The van der Waals surface area contributed by atoms with Crippen LogP contribution in [0.2, 0.25) is 0 Å². The maximum absolute atomic E-state index is 12.4. The molecule has 0 saturated carbocycles. The quantitative estimate of drug-likeness (QED) is 0.0829. The van der Waals surface area contributed by atoms with E-state index in [0.29, 0.717) is 0 Å². The van der Waals surface area contributed by atoms with Crippen LogP contribution < -0.4 is 35.9 Å². The molecule has 7 unspecified atom stereocenters. The average Bonchev–Trinajstić information content (AvgIpc) is 3.54. The molecule has 0 radical (unpaired) electrons. The zero-order valence-electron chi connectivity index (χ0n) is 26.8. The summed E-state index contributed by atoms with van der Waals surface area (Å²) in [6.07, 6.45) is -6.79. The molecule has 290 valence electrons. The van der Waals surface area contributed by atoms with Gasteiger partial charge in [0.05, 0.1) is 33.1 Å². The highest BCUT2D eigenvalue weighted by Crippen LogP contribution is 2.56. The Morgan fingerprint density at radius 1 is 1.10 bits per heavy atom. The van der Waals surface area contributed by atoms with Crippen molar-refractivity contribution in [2.45, 2.75) is 50.9 Å². The fraction of sp³-hybridized carbons (Fsp3) is 0.682. The van der Waals surface area contributed by atoms with E-state index in [1.807, 2.05) is 0 Å². The number of nitrogens with zero attached hydrogens (tertiary/aromatic N) is 4. The van der Waals surface area contributed by atoms with E-state index < -0.39 is 94.4 Å². The Labute approximate surface area is 289 Å². The van der Waals surface area contributed by atoms with Crippen LogP contribution in [0.5, 0.6) is 0 Å². The lowest BCUT2D eigenvalue weighted by Gasteiger charge is -2.36. The maximum atomic E-state index is 12.4. The molecule has 0 aliphatic carbocycles. The highest BCUT2D eigenvalue weighted by atomic mass is 32.2. The standard InChI is InChI=1S/C22H38N7O18P3S/c1-22(2,17(32)20(33)25-5-4-13(30)24-6-7-51(3,41)42)9-44-50(39,40)47-49(37,38)43-8-12-16(46-48(34,35)36)15(31)21(45-12)29-11-28-14-18(23)26-10-27-19(14)29/h10-12,15-17,21,31-32H,4-9H2,1-3H3,(H,24,30)(H,25,33)(H,37,38)(H,39,40)(H2,23,26,27)(H2,34,35,36)/p-4. The maximum Gasteiger partial charge on any atom is 0.274 e. The summed E-state index contributed by atoms with van der Waals surface area (Å²) in [7, 11) is -20.9. The lowest BCUT2D eigenvalue weighted by Crippen LogP contribution is -2.46. The van der Waals surface area contributed by atoms with Crippen molar-refractivity contribution in [1.29, 1.82) is 0 Å². The van der Waals surface area contributed by atoms with Crippen LogP contribution in [-0.2, 0) is 55.7 Å². The first-order valence-corrected chi connectivity index (χ1v) is 20.7. The molecular formula is C22H34N7O18P3S-4. The van der Waals surface area contributed by atoms with Crippen LogP contribution in [0, 0.1) is 5.41 Å². The fourth-order valence-corrected chi connectivity index (χ4v) is 7.50. The molecule has 29 heteroatoms. The predicted molar refractivity (Wildman–Crippen MR) is 160 cm³/mol. The molecule has 25 nitrogen and oxygen atoms in total. The lowest BCUT2D eigenvalue weighted by atomic mass is 9.87. The third kappa shape index (κ3) is 12.8. The highest BCUT2D eigenvalue weighted by Gasteiger charge is 2.47. The summed E-state index contributed by atoms with van der Waals surface area (Å²) >= 11 is 0. The number of ether oxygens (including phenoxy) is 1. The molecule has 1 aliphatic rings. The van der Waals surface area contributed by atoms with Crippen molar-refractivity contribution in [3.63, 3.8) is 0 Å². The van der Waals surface area contributed by atoms with E-state index in [4.69, 9.17) is 10.5 Å². The summed E-state index contributed by atoms with van der Waals surface area (Å²) in [5.41, 5.74) is 4.01. The number of anilines is 1. The molecule has 1 aliphatic heterocycles. The third-order valence-electron chi connectivity index (χ3n) is 6.85. The number of nitrogen functional groups attached to an aromatic ring is 1. The fourth-order valence-electron chi connectivity index (χ4n) is 4.29. The molecule has 1 saturated heterocycles. The van der Waals surface area contributed by atoms with Gasteiger partial charge in [-0.15, -0.1) is 0 Å². The second-order valence-electron chi connectivity index (χ2n) is 11.6. The van der Waals surface area contributed by atoms with Crippen molar-refractivity contribution in [3.8, 4) is 0 Å². The summed E-state index contributed by atoms with van der Waals surface area (Å²) in [6.45, 7) is -0.435. The van der Waals surface area contributed by atoms with Crippen LogP contribution >= 0.6 is 23.5 Å². The second-order valence-corrected chi connectivity index (χ2v) is 17.9. The molecule has 2 aromatic heterocycles. The number of phosphoric acid groups is 3. The smallest absolute Gasteiger partial charge is 0.274 e. The number of aliphatic hydroxyl groups is 2. The molecule has 7 atom stereocenters. The molecule has 0 bridgehead atoms. The number of fused-ring (bicyclic) bond motifs is 1. The van der Waals surface area contributed by atoms with Crippen molar-refractivity contribution in [3.05, 3.63) is 12.7 Å². The average molecular weight is 810 g/mol. The summed E-state index contributed by atoms with van der Waals surface area (Å²) < 4.78 is 82.3. The Bertz CT molecular complexity index is 1820. The number of aliphatic hydroxyl groups excluding tert-OH is 2. The zero-order chi connectivity index (χ0) is 38.6. The lowest BCUT2D eigenvalue weighted by molar-refractivity contribution is -0.347. The van der Waals surface area contributed by atoms with Gasteiger partial charge < -0.3 is 69.0 Å². The van der Waals surface area contributed by atoms with Gasteiger partial charge in [0.25, 0.3) is 15.6 Å². The minimum absolute atomic E-state index is 0.0292. The van der Waals surface area contributed by atoms with Crippen molar-refractivity contribution in [1.82, 2.24) is 30.2 Å². The van der Waals surface area contributed by atoms with Gasteiger partial charge in [0.15, 0.2) is 17.7 Å². The monoisotopic (exact) mass is 809 g/mol. The molecule has 3 rings (SSSR count). The van der Waals surface area contributed by atoms with E-state index >= 15 is 0 Å². The number of phosphoric ester groups is 3. The SMILES string of the molecule is CC(C)(COP(=O)([O-])OP(=O)([O-])OCC1OC(n2cnc3c(N)ncnc32)C(O)C1OP(=O)([O-])[O-])C(O)C(=O)NCCC(=O)NCCS(C)(=O)=O. The largest absolute Gasteiger partial charge is 0.790 e. The number of aromatic nitrogens is 4. The summed E-state index contributed by atoms with van der Waals surface area (Å²) in [5, 5.41) is 25.7. The van der Waals surface area contributed by atoms with Crippen LogP contribution in [-0.4, -0.2) is 113 Å². The van der Waals surface area contributed by atoms with Gasteiger partial charge >= 0.3 is 0 Å². The molecule has 2 aromatic rings. The van der Waals surface area contributed by atoms with Crippen molar-refractivity contribution < 1.29 is 84.1 Å². The van der Waals surface area contributed by atoms with Crippen LogP contribution in [0.15, 0.2) is 12.7 Å². The molecule has 3 heterocycles. The van der Waals surface area contributed by atoms with E-state index in [1.165, 1.54) is 0 Å². The number of nitrogens with one attached hydrogen (secondary N) is 2. The molecule has 51 heavy (non-hydrogen) atoms. The minimum atomic E-state index is -5.92. The van der Waals surface area contributed by atoms with Gasteiger partial charge in [-0.2, -0.15) is 0 Å². The second kappa shape index (κ2) is 16.7. The van der Waals surface area contributed by atoms with E-state index in [9.17, 15) is 61.5 Å². The molecule has 1 fully saturated rings. The van der Waals surface area contributed by atoms with E-state index in [2.05, 4.69) is 43.5 Å². The Morgan fingerprint density at radius 2 is 1.75 bits per heavy atom. The van der Waals surface area contributed by atoms with Crippen LogP contribution in [0.3, 0.4) is 0 Å². The first-order valence-electron chi connectivity index (χ1n) is 14.3. The molecule has 0 aromatic carbocycles. The number of sulfone groups is 1. The Balaban J connectivity index is 1.56. The van der Waals surface area contributed by atoms with Gasteiger partial charge in [-0.05, 0) is 0 Å². The number of hydrogen-bond acceptors (Lipinski definition) is 22. The van der Waals surface area contributed by atoms with Crippen molar-refractivity contribution >= 4 is 62.1 Å². The van der Waals surface area contributed by atoms with Crippen LogP contribution in [0.1, 0.15) is 26.5 Å². The number of hydrogen-bond donors (Lipinski definition) is 5. The number of carbonyl (C=O) groups excluding carboxylic acids is 2. The summed E-state index contributed by atoms with van der Waals surface area (Å²) in [5.74, 6) is -2.06.